The molecule has 9 heteroatoms. The van der Waals surface area contributed by atoms with Gasteiger partial charge in [-0.05, 0) is 6.42 Å². The van der Waals surface area contributed by atoms with Crippen LogP contribution in [0.2, 0.25) is 0 Å². The molecule has 21 heavy (non-hydrogen) atoms. The van der Waals surface area contributed by atoms with Crippen LogP contribution in [0.15, 0.2) is 12.4 Å². The highest BCUT2D eigenvalue weighted by atomic mass is 32.1. The van der Waals surface area contributed by atoms with Crippen molar-refractivity contribution in [3.05, 3.63) is 17.3 Å². The number of rotatable bonds is 7. The molecule has 8 nitrogen and oxygen atoms in total. The van der Waals surface area contributed by atoms with Crippen molar-refractivity contribution in [1.82, 2.24) is 25.3 Å². The molecule has 0 atom stereocenters. The summed E-state index contributed by atoms with van der Waals surface area (Å²) >= 11 is 1.31. The van der Waals surface area contributed by atoms with Gasteiger partial charge in [-0.15, -0.1) is 5.10 Å². The maximum atomic E-state index is 12.1. The number of nitrogens with zero attached hydrogens (tertiary/aromatic N) is 5. The van der Waals surface area contributed by atoms with E-state index in [2.05, 4.69) is 27.5 Å². The van der Waals surface area contributed by atoms with Crippen molar-refractivity contribution >= 4 is 28.2 Å². The largest absolute Gasteiger partial charge is 0.382 e. The zero-order valence-electron chi connectivity index (χ0n) is 12.1. The molecule has 0 unspecified atom stereocenters. The summed E-state index contributed by atoms with van der Waals surface area (Å²) in [5, 5.41) is 11.1. The number of aromatic nitrogens is 4. The highest BCUT2D eigenvalue weighted by Crippen LogP contribution is 2.27. The second kappa shape index (κ2) is 7.02. The predicted octanol–water partition coefficient (Wildman–Crippen LogP) is 0.593. The number of hydrogen-bond acceptors (Lipinski definition) is 7. The Balaban J connectivity index is 1.92. The van der Waals surface area contributed by atoms with Crippen LogP contribution in [0.25, 0.3) is 0 Å². The number of carbonyl (C=O) groups excluding carboxylic acids is 1. The highest BCUT2D eigenvalue weighted by Gasteiger charge is 2.17. The van der Waals surface area contributed by atoms with Gasteiger partial charge in [0.25, 0.3) is 5.91 Å². The van der Waals surface area contributed by atoms with Crippen LogP contribution in [0.1, 0.15) is 23.0 Å². The first-order chi connectivity index (χ1) is 10.1. The van der Waals surface area contributed by atoms with Crippen molar-refractivity contribution in [3.8, 4) is 0 Å². The maximum absolute atomic E-state index is 12.1. The summed E-state index contributed by atoms with van der Waals surface area (Å²) in [4.78, 5) is 18.8. The Morgan fingerprint density at radius 2 is 2.38 bits per heavy atom. The van der Waals surface area contributed by atoms with E-state index in [1.165, 1.54) is 11.3 Å². The monoisotopic (exact) mass is 309 g/mol. The van der Waals surface area contributed by atoms with Crippen LogP contribution in [0, 0.1) is 0 Å². The van der Waals surface area contributed by atoms with E-state index >= 15 is 0 Å². The molecule has 0 aromatic carbocycles. The third-order valence-corrected chi connectivity index (χ3v) is 4.02. The molecule has 0 saturated heterocycles. The molecule has 114 valence electrons. The Bertz CT molecular complexity index is 580. The number of nitrogens with one attached hydrogen (secondary N) is 1. The van der Waals surface area contributed by atoms with E-state index in [4.69, 9.17) is 5.73 Å². The molecule has 0 aliphatic heterocycles. The number of thiazole rings is 1. The normalized spacial score (nSPS) is 10.6. The number of hydrogen-bond donors (Lipinski definition) is 2. The minimum absolute atomic E-state index is 0.207. The second-order valence-corrected chi connectivity index (χ2v) is 5.53. The van der Waals surface area contributed by atoms with Crippen molar-refractivity contribution in [2.45, 2.75) is 19.9 Å². The molecule has 0 saturated carbocycles. The molecule has 0 fully saturated rings. The summed E-state index contributed by atoms with van der Waals surface area (Å²) in [6.45, 7) is 3.98. The van der Waals surface area contributed by atoms with Crippen molar-refractivity contribution in [2.75, 3.05) is 30.8 Å². The summed E-state index contributed by atoms with van der Waals surface area (Å²) in [5.74, 6) is 0.0671. The molecule has 2 rings (SSSR count). The minimum atomic E-state index is -0.207. The van der Waals surface area contributed by atoms with Crippen LogP contribution < -0.4 is 16.0 Å². The lowest BCUT2D eigenvalue weighted by atomic mass is 10.4. The fourth-order valence-corrected chi connectivity index (χ4v) is 2.68. The number of nitrogen functional groups attached to an aromatic ring is 1. The third-order valence-electron chi connectivity index (χ3n) is 2.83. The van der Waals surface area contributed by atoms with Gasteiger partial charge in [0.2, 0.25) is 0 Å². The van der Waals surface area contributed by atoms with Crippen molar-refractivity contribution in [1.29, 1.82) is 0 Å². The summed E-state index contributed by atoms with van der Waals surface area (Å²) in [6, 6.07) is 0. The number of amides is 1. The predicted molar refractivity (Wildman–Crippen MR) is 82.4 cm³/mol. The topological polar surface area (TPSA) is 102 Å². The Hall–Kier alpha value is -2.16. The average Bonchev–Trinajstić information content (AvgIpc) is 3.08. The fraction of sp³-hybridized carbons (Fsp3) is 0.500. The van der Waals surface area contributed by atoms with Crippen molar-refractivity contribution in [2.24, 2.45) is 0 Å². The van der Waals surface area contributed by atoms with Gasteiger partial charge in [0.1, 0.15) is 10.7 Å². The summed E-state index contributed by atoms with van der Waals surface area (Å²) in [5.41, 5.74) is 5.83. The molecule has 0 aliphatic carbocycles. The van der Waals surface area contributed by atoms with E-state index < -0.39 is 0 Å². The van der Waals surface area contributed by atoms with E-state index in [1.54, 1.807) is 17.1 Å². The number of nitrogens with two attached hydrogens (primary N) is 1. The quantitative estimate of drug-likeness (QED) is 0.776. The van der Waals surface area contributed by atoms with Crippen molar-refractivity contribution in [3.63, 3.8) is 0 Å². The van der Waals surface area contributed by atoms with Gasteiger partial charge < -0.3 is 16.0 Å². The second-order valence-electron chi connectivity index (χ2n) is 4.55. The standard InChI is InChI=1S/C12H19N7OS/c1-3-6-18(2)12-16-10(13)9(21-12)11(20)14-4-7-19-8-5-15-17-19/h5,8H,3-4,6-7,13H2,1-2H3,(H,14,20). The van der Waals surface area contributed by atoms with Gasteiger partial charge in [-0.2, -0.15) is 0 Å². The van der Waals surface area contributed by atoms with Gasteiger partial charge in [0, 0.05) is 26.3 Å². The molecule has 0 radical (unpaired) electrons. The smallest absolute Gasteiger partial charge is 0.265 e. The molecular weight excluding hydrogens is 290 g/mol. The fourth-order valence-electron chi connectivity index (χ4n) is 1.79. The van der Waals surface area contributed by atoms with E-state index in [9.17, 15) is 4.79 Å². The van der Waals surface area contributed by atoms with Crippen LogP contribution >= 0.6 is 11.3 Å². The molecule has 3 N–H and O–H groups in total. The summed E-state index contributed by atoms with van der Waals surface area (Å²) in [6.07, 6.45) is 4.35. The Morgan fingerprint density at radius 1 is 1.57 bits per heavy atom. The van der Waals surface area contributed by atoms with Crippen LogP contribution in [0.3, 0.4) is 0 Å². The van der Waals surface area contributed by atoms with Gasteiger partial charge in [0.05, 0.1) is 12.7 Å². The lowest BCUT2D eigenvalue weighted by molar-refractivity contribution is 0.0956. The lowest BCUT2D eigenvalue weighted by Crippen LogP contribution is -2.27. The van der Waals surface area contributed by atoms with Crippen LogP contribution in [0.4, 0.5) is 10.9 Å². The first-order valence-corrected chi connectivity index (χ1v) is 7.53. The molecule has 1 amide bonds. The third kappa shape index (κ3) is 3.91. The molecule has 0 spiro atoms. The van der Waals surface area contributed by atoms with E-state index in [-0.39, 0.29) is 11.7 Å². The SMILES string of the molecule is CCCN(C)c1nc(N)c(C(=O)NCCn2ccnn2)s1. The molecule has 2 heterocycles. The van der Waals surface area contributed by atoms with Gasteiger partial charge >= 0.3 is 0 Å². The maximum Gasteiger partial charge on any atom is 0.265 e. The molecular formula is C12H19N7OS. The molecule has 0 bridgehead atoms. The molecule has 2 aromatic rings. The Kier molecular flexibility index (Phi) is 5.09. The number of anilines is 2. The van der Waals surface area contributed by atoms with E-state index in [1.807, 2.05) is 11.9 Å². The Labute approximate surface area is 127 Å². The Morgan fingerprint density at radius 3 is 3.05 bits per heavy atom. The van der Waals surface area contributed by atoms with Crippen LogP contribution in [0.5, 0.6) is 0 Å². The minimum Gasteiger partial charge on any atom is -0.382 e. The number of carbonyl (C=O) groups is 1. The van der Waals surface area contributed by atoms with Crippen molar-refractivity contribution < 1.29 is 4.79 Å². The molecule has 2 aromatic heterocycles. The van der Waals surface area contributed by atoms with E-state index in [0.717, 1.165) is 18.1 Å². The van der Waals surface area contributed by atoms with Gasteiger partial charge in [0.15, 0.2) is 5.13 Å². The molecule has 0 aliphatic rings. The summed E-state index contributed by atoms with van der Waals surface area (Å²) < 4.78 is 1.65. The summed E-state index contributed by atoms with van der Waals surface area (Å²) in [7, 11) is 1.94. The average molecular weight is 309 g/mol. The first-order valence-electron chi connectivity index (χ1n) is 6.71. The van der Waals surface area contributed by atoms with Crippen LogP contribution in [-0.2, 0) is 6.54 Å². The van der Waals surface area contributed by atoms with E-state index in [0.29, 0.717) is 18.0 Å². The highest BCUT2D eigenvalue weighted by molar-refractivity contribution is 7.18. The lowest BCUT2D eigenvalue weighted by Gasteiger charge is -2.13. The van der Waals surface area contributed by atoms with Gasteiger partial charge in [-0.25, -0.2) is 4.98 Å². The first kappa shape index (κ1) is 15.2. The van der Waals surface area contributed by atoms with Crippen LogP contribution in [-0.4, -0.2) is 46.0 Å². The van der Waals surface area contributed by atoms with Gasteiger partial charge in [-0.3, -0.25) is 9.48 Å². The zero-order valence-corrected chi connectivity index (χ0v) is 12.9. The van der Waals surface area contributed by atoms with Gasteiger partial charge in [-0.1, -0.05) is 23.5 Å². The zero-order chi connectivity index (χ0) is 15.2.